The Morgan fingerprint density at radius 2 is 2.30 bits per heavy atom. The van der Waals surface area contributed by atoms with Crippen LogP contribution in [0, 0.1) is 0 Å². The number of rotatable bonds is 6. The van der Waals surface area contributed by atoms with E-state index in [1.54, 1.807) is 12.4 Å². The summed E-state index contributed by atoms with van der Waals surface area (Å²) >= 11 is 7.41. The van der Waals surface area contributed by atoms with Crippen LogP contribution in [0.25, 0.3) is 0 Å². The van der Waals surface area contributed by atoms with Gasteiger partial charge in [0.15, 0.2) is 0 Å². The van der Waals surface area contributed by atoms with E-state index in [1.165, 1.54) is 11.3 Å². The van der Waals surface area contributed by atoms with Gasteiger partial charge in [-0.3, -0.25) is 9.78 Å². The maximum Gasteiger partial charge on any atom is 0.234 e. The van der Waals surface area contributed by atoms with Crippen LogP contribution < -0.4 is 10.6 Å². The van der Waals surface area contributed by atoms with Crippen molar-refractivity contribution in [3.63, 3.8) is 0 Å². The maximum atomic E-state index is 11.7. The standard InChI is InChI=1S/C14H16ClN3OS/c1-10(12-4-5-13(15)20-12)17-9-14(19)18-8-11-3-2-6-16-7-11/h2-7,10,17H,8-9H2,1H3,(H,18,19). The Balaban J connectivity index is 1.72. The molecule has 2 aromatic rings. The normalized spacial score (nSPS) is 12.1. The van der Waals surface area contributed by atoms with E-state index >= 15 is 0 Å². The Hall–Kier alpha value is -1.43. The van der Waals surface area contributed by atoms with Gasteiger partial charge in [0.1, 0.15) is 0 Å². The van der Waals surface area contributed by atoms with E-state index in [4.69, 9.17) is 11.6 Å². The summed E-state index contributed by atoms with van der Waals surface area (Å²) in [5.74, 6) is -0.0386. The first kappa shape index (κ1) is 15.0. The molecule has 1 amide bonds. The number of hydrogen-bond donors (Lipinski definition) is 2. The summed E-state index contributed by atoms with van der Waals surface area (Å²) < 4.78 is 0.759. The first-order valence-corrected chi connectivity index (χ1v) is 7.49. The summed E-state index contributed by atoms with van der Waals surface area (Å²) in [5.41, 5.74) is 0.985. The molecule has 2 aromatic heterocycles. The van der Waals surface area contributed by atoms with Gasteiger partial charge >= 0.3 is 0 Å². The first-order valence-electron chi connectivity index (χ1n) is 6.29. The molecule has 2 heterocycles. The zero-order valence-corrected chi connectivity index (χ0v) is 12.7. The fraction of sp³-hybridized carbons (Fsp3) is 0.286. The van der Waals surface area contributed by atoms with Gasteiger partial charge in [0.2, 0.25) is 5.91 Å². The number of pyridine rings is 1. The Bertz CT molecular complexity index is 559. The van der Waals surface area contributed by atoms with Crippen molar-refractivity contribution >= 4 is 28.8 Å². The lowest BCUT2D eigenvalue weighted by Gasteiger charge is -2.12. The van der Waals surface area contributed by atoms with Crippen LogP contribution in [0.4, 0.5) is 0 Å². The van der Waals surface area contributed by atoms with Crippen LogP contribution in [0.2, 0.25) is 4.34 Å². The highest BCUT2D eigenvalue weighted by atomic mass is 35.5. The second kappa shape index (κ2) is 7.38. The minimum absolute atomic E-state index is 0.0386. The minimum atomic E-state index is -0.0386. The molecule has 0 bridgehead atoms. The molecule has 2 N–H and O–H groups in total. The molecule has 6 heteroatoms. The number of aromatic nitrogens is 1. The molecule has 1 unspecified atom stereocenters. The van der Waals surface area contributed by atoms with Gasteiger partial charge in [-0.15, -0.1) is 11.3 Å². The zero-order valence-electron chi connectivity index (χ0n) is 11.1. The van der Waals surface area contributed by atoms with E-state index in [1.807, 2.05) is 31.2 Å². The highest BCUT2D eigenvalue weighted by Crippen LogP contribution is 2.26. The molecule has 0 aliphatic heterocycles. The molecular formula is C14H16ClN3OS. The molecule has 0 saturated heterocycles. The second-order valence-corrected chi connectivity index (χ2v) is 6.13. The average Bonchev–Trinajstić information content (AvgIpc) is 2.90. The van der Waals surface area contributed by atoms with Crippen molar-refractivity contribution < 1.29 is 4.79 Å². The predicted molar refractivity (Wildman–Crippen MR) is 81.8 cm³/mol. The van der Waals surface area contributed by atoms with Gasteiger partial charge in [-0.05, 0) is 30.7 Å². The van der Waals surface area contributed by atoms with Gasteiger partial charge in [0.25, 0.3) is 0 Å². The van der Waals surface area contributed by atoms with Crippen molar-refractivity contribution in [1.82, 2.24) is 15.6 Å². The van der Waals surface area contributed by atoms with Crippen molar-refractivity contribution in [2.24, 2.45) is 0 Å². The number of nitrogens with zero attached hydrogens (tertiary/aromatic N) is 1. The molecule has 1 atom stereocenters. The largest absolute Gasteiger partial charge is 0.351 e. The van der Waals surface area contributed by atoms with Crippen LogP contribution >= 0.6 is 22.9 Å². The van der Waals surface area contributed by atoms with Crippen LogP contribution in [0.5, 0.6) is 0 Å². The Kier molecular flexibility index (Phi) is 5.52. The van der Waals surface area contributed by atoms with E-state index in [0.29, 0.717) is 6.54 Å². The summed E-state index contributed by atoms with van der Waals surface area (Å²) in [4.78, 5) is 16.9. The average molecular weight is 310 g/mol. The number of halogens is 1. The fourth-order valence-electron chi connectivity index (χ4n) is 1.67. The molecule has 0 spiro atoms. The molecular weight excluding hydrogens is 294 g/mol. The van der Waals surface area contributed by atoms with Gasteiger partial charge < -0.3 is 10.6 Å². The maximum absolute atomic E-state index is 11.7. The molecule has 106 valence electrons. The number of hydrogen-bond acceptors (Lipinski definition) is 4. The molecule has 0 aromatic carbocycles. The summed E-state index contributed by atoms with van der Waals surface area (Å²) in [5, 5.41) is 6.02. The minimum Gasteiger partial charge on any atom is -0.351 e. The van der Waals surface area contributed by atoms with Crippen LogP contribution in [-0.2, 0) is 11.3 Å². The van der Waals surface area contributed by atoms with E-state index in [2.05, 4.69) is 15.6 Å². The quantitative estimate of drug-likeness (QED) is 0.862. The van der Waals surface area contributed by atoms with Crippen LogP contribution in [0.3, 0.4) is 0 Å². The monoisotopic (exact) mass is 309 g/mol. The third kappa shape index (κ3) is 4.59. The number of thiophene rings is 1. The Labute approximate surface area is 127 Å². The summed E-state index contributed by atoms with van der Waals surface area (Å²) in [7, 11) is 0. The number of carbonyl (C=O) groups excluding carboxylic acids is 1. The third-order valence-corrected chi connectivity index (χ3v) is 4.22. The van der Waals surface area contributed by atoms with Crippen molar-refractivity contribution in [2.75, 3.05) is 6.54 Å². The summed E-state index contributed by atoms with van der Waals surface area (Å²) in [6, 6.07) is 7.72. The fourth-order valence-corrected chi connectivity index (χ4v) is 2.76. The van der Waals surface area contributed by atoms with E-state index < -0.39 is 0 Å². The number of nitrogens with one attached hydrogen (secondary N) is 2. The predicted octanol–water partition coefficient (Wildman–Crippen LogP) is 2.76. The first-order chi connectivity index (χ1) is 9.65. The van der Waals surface area contributed by atoms with Crippen molar-refractivity contribution in [2.45, 2.75) is 19.5 Å². The topological polar surface area (TPSA) is 54.0 Å². The van der Waals surface area contributed by atoms with E-state index in [9.17, 15) is 4.79 Å². The highest BCUT2D eigenvalue weighted by Gasteiger charge is 2.09. The van der Waals surface area contributed by atoms with Gasteiger partial charge in [-0.1, -0.05) is 17.7 Å². The molecule has 0 fully saturated rings. The molecule has 4 nitrogen and oxygen atoms in total. The second-order valence-electron chi connectivity index (χ2n) is 4.38. The molecule has 20 heavy (non-hydrogen) atoms. The number of amides is 1. The van der Waals surface area contributed by atoms with Crippen molar-refractivity contribution in [3.05, 3.63) is 51.4 Å². The SMILES string of the molecule is CC(NCC(=O)NCc1cccnc1)c1ccc(Cl)s1. The van der Waals surface area contributed by atoms with Gasteiger partial charge in [-0.2, -0.15) is 0 Å². The lowest BCUT2D eigenvalue weighted by Crippen LogP contribution is -2.34. The van der Waals surface area contributed by atoms with Crippen LogP contribution in [0.15, 0.2) is 36.7 Å². The summed E-state index contributed by atoms with van der Waals surface area (Å²) in [6.45, 7) is 2.78. The van der Waals surface area contributed by atoms with Crippen LogP contribution in [0.1, 0.15) is 23.4 Å². The smallest absolute Gasteiger partial charge is 0.234 e. The molecule has 0 aliphatic carbocycles. The Morgan fingerprint density at radius 3 is 2.95 bits per heavy atom. The molecule has 0 radical (unpaired) electrons. The lowest BCUT2D eigenvalue weighted by atomic mass is 10.2. The highest BCUT2D eigenvalue weighted by molar-refractivity contribution is 7.16. The number of carbonyl (C=O) groups is 1. The van der Waals surface area contributed by atoms with Gasteiger partial charge in [0, 0.05) is 29.9 Å². The third-order valence-electron chi connectivity index (χ3n) is 2.80. The Morgan fingerprint density at radius 1 is 1.45 bits per heavy atom. The molecule has 0 aliphatic rings. The lowest BCUT2D eigenvalue weighted by molar-refractivity contribution is -0.120. The van der Waals surface area contributed by atoms with Crippen LogP contribution in [-0.4, -0.2) is 17.4 Å². The van der Waals surface area contributed by atoms with Crippen molar-refractivity contribution in [1.29, 1.82) is 0 Å². The van der Waals surface area contributed by atoms with E-state index in [0.717, 1.165) is 14.8 Å². The molecule has 2 rings (SSSR count). The van der Waals surface area contributed by atoms with Gasteiger partial charge in [0.05, 0.1) is 10.9 Å². The van der Waals surface area contributed by atoms with Crippen molar-refractivity contribution in [3.8, 4) is 0 Å². The zero-order chi connectivity index (χ0) is 14.4. The molecule has 0 saturated carbocycles. The van der Waals surface area contributed by atoms with Gasteiger partial charge in [-0.25, -0.2) is 0 Å². The van der Waals surface area contributed by atoms with E-state index in [-0.39, 0.29) is 18.5 Å². The summed E-state index contributed by atoms with van der Waals surface area (Å²) in [6.07, 6.45) is 3.45.